The van der Waals surface area contributed by atoms with E-state index in [1.807, 2.05) is 30.3 Å². The summed E-state index contributed by atoms with van der Waals surface area (Å²) in [5.41, 5.74) is 1.65. The third-order valence-corrected chi connectivity index (χ3v) is 3.57. The SMILES string of the molecule is COCC(O)CNC(=O)c1cc(-c2ccco2)nn1-c1ccccc1. The van der Waals surface area contributed by atoms with Crippen LogP contribution in [0.2, 0.25) is 0 Å². The molecule has 25 heavy (non-hydrogen) atoms. The first-order valence-electron chi connectivity index (χ1n) is 7.83. The summed E-state index contributed by atoms with van der Waals surface area (Å²) in [6, 6.07) is 14.5. The van der Waals surface area contributed by atoms with E-state index in [2.05, 4.69) is 10.4 Å². The number of benzene rings is 1. The second kappa shape index (κ2) is 7.78. The summed E-state index contributed by atoms with van der Waals surface area (Å²) in [5.74, 6) is 0.229. The summed E-state index contributed by atoms with van der Waals surface area (Å²) in [6.45, 7) is 0.235. The molecule has 0 aliphatic carbocycles. The highest BCUT2D eigenvalue weighted by Crippen LogP contribution is 2.22. The Morgan fingerprint density at radius 3 is 2.80 bits per heavy atom. The summed E-state index contributed by atoms with van der Waals surface area (Å²) in [5, 5.41) is 16.9. The standard InChI is InChI=1S/C18H19N3O4/c1-24-12-14(22)11-19-18(23)16-10-15(17-8-5-9-25-17)20-21(16)13-6-3-2-4-7-13/h2-10,14,22H,11-12H2,1H3,(H,19,23). The van der Waals surface area contributed by atoms with E-state index in [0.717, 1.165) is 5.69 Å². The van der Waals surface area contributed by atoms with Crippen LogP contribution in [0.1, 0.15) is 10.5 Å². The van der Waals surface area contributed by atoms with Crippen LogP contribution in [0.4, 0.5) is 0 Å². The molecule has 7 nitrogen and oxygen atoms in total. The van der Waals surface area contributed by atoms with Crippen LogP contribution in [0.3, 0.4) is 0 Å². The van der Waals surface area contributed by atoms with Gasteiger partial charge in [-0.25, -0.2) is 4.68 Å². The highest BCUT2D eigenvalue weighted by atomic mass is 16.5. The normalized spacial score (nSPS) is 12.1. The van der Waals surface area contributed by atoms with Crippen LogP contribution in [0, 0.1) is 0 Å². The van der Waals surface area contributed by atoms with E-state index in [1.165, 1.54) is 7.11 Å². The van der Waals surface area contributed by atoms with Crippen LogP contribution in [-0.4, -0.2) is 47.2 Å². The maximum Gasteiger partial charge on any atom is 0.270 e. The van der Waals surface area contributed by atoms with Crippen molar-refractivity contribution in [3.8, 4) is 17.1 Å². The van der Waals surface area contributed by atoms with Crippen molar-refractivity contribution in [1.82, 2.24) is 15.1 Å². The number of carbonyl (C=O) groups excluding carboxylic acids is 1. The molecule has 0 aliphatic rings. The Bertz CT molecular complexity index is 812. The first kappa shape index (κ1) is 16.9. The molecule has 2 N–H and O–H groups in total. The molecule has 130 valence electrons. The summed E-state index contributed by atoms with van der Waals surface area (Å²) in [4.78, 5) is 12.6. The molecule has 3 aromatic rings. The van der Waals surface area contributed by atoms with Gasteiger partial charge in [0.05, 0.1) is 24.7 Å². The van der Waals surface area contributed by atoms with Crippen molar-refractivity contribution in [3.05, 3.63) is 60.5 Å². The maximum atomic E-state index is 12.6. The van der Waals surface area contributed by atoms with E-state index in [4.69, 9.17) is 9.15 Å². The van der Waals surface area contributed by atoms with Gasteiger partial charge in [0.2, 0.25) is 0 Å². The molecule has 1 unspecified atom stereocenters. The van der Waals surface area contributed by atoms with E-state index < -0.39 is 6.10 Å². The van der Waals surface area contributed by atoms with E-state index >= 15 is 0 Å². The predicted molar refractivity (Wildman–Crippen MR) is 91.5 cm³/mol. The largest absolute Gasteiger partial charge is 0.463 e. The average Bonchev–Trinajstić information content (AvgIpc) is 3.30. The lowest BCUT2D eigenvalue weighted by atomic mass is 10.2. The smallest absolute Gasteiger partial charge is 0.270 e. The summed E-state index contributed by atoms with van der Waals surface area (Å²) in [6.07, 6.45) is 0.782. The predicted octanol–water partition coefficient (Wildman–Crippen LogP) is 1.87. The van der Waals surface area contributed by atoms with Gasteiger partial charge in [-0.1, -0.05) is 18.2 Å². The zero-order valence-electron chi connectivity index (χ0n) is 13.8. The molecule has 0 spiro atoms. The minimum Gasteiger partial charge on any atom is -0.463 e. The number of aromatic nitrogens is 2. The van der Waals surface area contributed by atoms with E-state index in [1.54, 1.807) is 29.1 Å². The van der Waals surface area contributed by atoms with Gasteiger partial charge in [0, 0.05) is 19.7 Å². The molecule has 3 rings (SSSR count). The first-order chi connectivity index (χ1) is 12.2. The van der Waals surface area contributed by atoms with Gasteiger partial charge in [-0.3, -0.25) is 4.79 Å². The van der Waals surface area contributed by atoms with Crippen LogP contribution in [0.25, 0.3) is 17.1 Å². The number of furan rings is 1. The fraction of sp³-hybridized carbons (Fsp3) is 0.222. The van der Waals surface area contributed by atoms with Gasteiger partial charge < -0.3 is 19.6 Å². The Hall–Kier alpha value is -2.90. The quantitative estimate of drug-likeness (QED) is 0.685. The Balaban J connectivity index is 1.90. The molecule has 0 fully saturated rings. The Morgan fingerprint density at radius 1 is 1.32 bits per heavy atom. The van der Waals surface area contributed by atoms with Crippen molar-refractivity contribution in [2.45, 2.75) is 6.10 Å². The molecule has 0 saturated carbocycles. The topological polar surface area (TPSA) is 89.5 Å². The lowest BCUT2D eigenvalue weighted by molar-refractivity contribution is 0.0608. The lowest BCUT2D eigenvalue weighted by Crippen LogP contribution is -2.35. The van der Waals surface area contributed by atoms with E-state index in [9.17, 15) is 9.90 Å². The average molecular weight is 341 g/mol. The van der Waals surface area contributed by atoms with Gasteiger partial charge in [0.1, 0.15) is 11.4 Å². The zero-order valence-corrected chi connectivity index (χ0v) is 13.8. The van der Waals surface area contributed by atoms with Gasteiger partial charge in [-0.05, 0) is 24.3 Å². The van der Waals surface area contributed by atoms with E-state index in [-0.39, 0.29) is 19.1 Å². The fourth-order valence-electron chi connectivity index (χ4n) is 2.41. The summed E-state index contributed by atoms with van der Waals surface area (Å²) < 4.78 is 11.8. The zero-order chi connectivity index (χ0) is 17.6. The number of rotatable bonds is 7. The first-order valence-corrected chi connectivity index (χ1v) is 7.83. The number of para-hydroxylation sites is 1. The van der Waals surface area contributed by atoms with Crippen molar-refractivity contribution in [1.29, 1.82) is 0 Å². The molecule has 2 aromatic heterocycles. The third-order valence-electron chi connectivity index (χ3n) is 3.57. The van der Waals surface area contributed by atoms with Gasteiger partial charge >= 0.3 is 0 Å². The molecule has 1 aromatic carbocycles. The van der Waals surface area contributed by atoms with Crippen LogP contribution < -0.4 is 5.32 Å². The highest BCUT2D eigenvalue weighted by molar-refractivity contribution is 5.94. The highest BCUT2D eigenvalue weighted by Gasteiger charge is 2.19. The van der Waals surface area contributed by atoms with Crippen LogP contribution in [0.5, 0.6) is 0 Å². The molecule has 0 aliphatic heterocycles. The van der Waals surface area contributed by atoms with Crippen molar-refractivity contribution < 1.29 is 19.1 Å². The minimum atomic E-state index is -0.772. The van der Waals surface area contributed by atoms with Crippen LogP contribution in [0.15, 0.2) is 59.2 Å². The Morgan fingerprint density at radius 2 is 2.12 bits per heavy atom. The second-order valence-corrected chi connectivity index (χ2v) is 5.46. The molecular weight excluding hydrogens is 322 g/mol. The molecule has 1 atom stereocenters. The molecular formula is C18H19N3O4. The third kappa shape index (κ3) is 3.96. The van der Waals surface area contributed by atoms with Crippen molar-refractivity contribution >= 4 is 5.91 Å². The number of nitrogens with one attached hydrogen (secondary N) is 1. The maximum absolute atomic E-state index is 12.6. The lowest BCUT2D eigenvalue weighted by Gasteiger charge is -2.11. The van der Waals surface area contributed by atoms with Crippen molar-refractivity contribution in [2.75, 3.05) is 20.3 Å². The second-order valence-electron chi connectivity index (χ2n) is 5.46. The minimum absolute atomic E-state index is 0.0860. The van der Waals surface area contributed by atoms with Gasteiger partial charge in [-0.2, -0.15) is 5.10 Å². The number of hydrogen-bond donors (Lipinski definition) is 2. The number of carbonyl (C=O) groups is 1. The summed E-state index contributed by atoms with van der Waals surface area (Å²) >= 11 is 0. The number of methoxy groups -OCH3 is 1. The van der Waals surface area contributed by atoms with Crippen LogP contribution >= 0.6 is 0 Å². The number of amides is 1. The molecule has 2 heterocycles. The van der Waals surface area contributed by atoms with Crippen LogP contribution in [-0.2, 0) is 4.74 Å². The number of ether oxygens (including phenoxy) is 1. The summed E-state index contributed by atoms with van der Waals surface area (Å²) in [7, 11) is 1.49. The molecule has 0 radical (unpaired) electrons. The molecule has 7 heteroatoms. The molecule has 0 saturated heterocycles. The molecule has 1 amide bonds. The van der Waals surface area contributed by atoms with Crippen molar-refractivity contribution in [3.63, 3.8) is 0 Å². The van der Waals surface area contributed by atoms with Gasteiger partial charge in [0.25, 0.3) is 5.91 Å². The van der Waals surface area contributed by atoms with Gasteiger partial charge in [0.15, 0.2) is 5.76 Å². The Kier molecular flexibility index (Phi) is 5.27. The van der Waals surface area contributed by atoms with E-state index in [0.29, 0.717) is 17.1 Å². The number of aliphatic hydroxyl groups is 1. The monoisotopic (exact) mass is 341 g/mol. The number of hydrogen-bond acceptors (Lipinski definition) is 5. The number of aliphatic hydroxyl groups excluding tert-OH is 1. The fourth-order valence-corrected chi connectivity index (χ4v) is 2.41. The number of nitrogens with zero attached hydrogens (tertiary/aromatic N) is 2. The Labute approximate surface area is 144 Å². The molecule has 0 bridgehead atoms. The van der Waals surface area contributed by atoms with Crippen molar-refractivity contribution in [2.24, 2.45) is 0 Å². The van der Waals surface area contributed by atoms with Gasteiger partial charge in [-0.15, -0.1) is 0 Å².